The number of unbranched alkanes of at least 4 members (excludes halogenated alkanes) is 4. The fourth-order valence-electron chi connectivity index (χ4n) is 2.58. The summed E-state index contributed by atoms with van der Waals surface area (Å²) in [5, 5.41) is 0. The minimum atomic E-state index is -4.42. The lowest BCUT2D eigenvalue weighted by Gasteiger charge is -2.18. The number of aryl methyl sites for hydroxylation is 1. The van der Waals surface area contributed by atoms with Crippen molar-refractivity contribution in [3.05, 3.63) is 29.3 Å². The minimum Gasteiger partial charge on any atom is -0.496 e. The van der Waals surface area contributed by atoms with Gasteiger partial charge in [0.25, 0.3) is 0 Å². The van der Waals surface area contributed by atoms with E-state index in [1.54, 1.807) is 20.8 Å². The van der Waals surface area contributed by atoms with Crippen LogP contribution in [0.1, 0.15) is 64.0 Å². The number of halogens is 3. The van der Waals surface area contributed by atoms with Crippen LogP contribution in [0.15, 0.2) is 18.2 Å². The summed E-state index contributed by atoms with van der Waals surface area (Å²) in [5.74, 6) is 0.0504. The molecule has 0 amide bonds. The van der Waals surface area contributed by atoms with Gasteiger partial charge in [0.05, 0.1) is 23.2 Å². The summed E-state index contributed by atoms with van der Waals surface area (Å²) in [5.41, 5.74) is 0.0500. The van der Waals surface area contributed by atoms with Crippen molar-refractivity contribution in [2.45, 2.75) is 70.2 Å². The Morgan fingerprint density at radius 1 is 0.962 bits per heavy atom. The molecule has 0 heterocycles. The van der Waals surface area contributed by atoms with Crippen molar-refractivity contribution in [1.29, 1.82) is 0 Å². The molecule has 0 bridgehead atoms. The third kappa shape index (κ3) is 6.82. The quantitative estimate of drug-likeness (QED) is 0.525. The van der Waals surface area contributed by atoms with E-state index in [1.807, 2.05) is 0 Å². The van der Waals surface area contributed by atoms with Gasteiger partial charge in [0, 0.05) is 0 Å². The van der Waals surface area contributed by atoms with Crippen LogP contribution >= 0.6 is 0 Å². The normalized spacial score (nSPS) is 13.0. The van der Waals surface area contributed by atoms with Gasteiger partial charge in [-0.2, -0.15) is 13.2 Å². The van der Waals surface area contributed by atoms with Crippen LogP contribution in [-0.4, -0.2) is 26.0 Å². The minimum absolute atomic E-state index is 0.151. The summed E-state index contributed by atoms with van der Waals surface area (Å²) < 4.78 is 66.6. The summed E-state index contributed by atoms with van der Waals surface area (Å²) in [6.45, 7) is 5.13. The molecule has 0 atom stereocenters. The highest BCUT2D eigenvalue weighted by atomic mass is 32.2. The highest BCUT2D eigenvalue weighted by Crippen LogP contribution is 2.36. The first-order valence-corrected chi connectivity index (χ1v) is 10.5. The lowest BCUT2D eigenvalue weighted by Crippen LogP contribution is -2.30. The van der Waals surface area contributed by atoms with Gasteiger partial charge in [-0.05, 0) is 57.7 Å². The fraction of sp³-hybridized carbons (Fsp3) is 0.684. The standard InChI is InChI=1S/C19H29F3O3S/c1-18(2,3)26(23,24)13-9-7-5-6-8-10-15-11-12-16(19(20,21)22)17(14-15)25-4/h11-12,14H,5-10,13H2,1-4H3. The molecule has 0 saturated carbocycles. The summed E-state index contributed by atoms with van der Waals surface area (Å²) in [4.78, 5) is 0. The van der Waals surface area contributed by atoms with Crippen LogP contribution in [-0.2, 0) is 22.4 Å². The monoisotopic (exact) mass is 394 g/mol. The number of ether oxygens (including phenoxy) is 1. The number of rotatable bonds is 9. The van der Waals surface area contributed by atoms with Gasteiger partial charge in [0.2, 0.25) is 0 Å². The van der Waals surface area contributed by atoms with Gasteiger partial charge < -0.3 is 4.74 Å². The Bertz CT molecular complexity index is 674. The van der Waals surface area contributed by atoms with Crippen molar-refractivity contribution >= 4 is 9.84 Å². The third-order valence-electron chi connectivity index (χ3n) is 4.38. The molecule has 0 aliphatic carbocycles. The number of hydrogen-bond donors (Lipinski definition) is 0. The molecule has 26 heavy (non-hydrogen) atoms. The van der Waals surface area contributed by atoms with E-state index in [-0.39, 0.29) is 11.5 Å². The second kappa shape index (κ2) is 9.11. The van der Waals surface area contributed by atoms with E-state index in [1.165, 1.54) is 19.2 Å². The highest BCUT2D eigenvalue weighted by molar-refractivity contribution is 7.92. The largest absolute Gasteiger partial charge is 0.496 e. The maximum atomic E-state index is 12.8. The maximum absolute atomic E-state index is 12.8. The Morgan fingerprint density at radius 2 is 1.54 bits per heavy atom. The first kappa shape index (κ1) is 22.8. The summed E-state index contributed by atoms with van der Waals surface area (Å²) in [7, 11) is -1.83. The Labute approximate surface area is 154 Å². The number of benzene rings is 1. The number of sulfone groups is 1. The second-order valence-electron chi connectivity index (χ2n) is 7.48. The van der Waals surface area contributed by atoms with Gasteiger partial charge in [-0.1, -0.05) is 25.3 Å². The molecule has 0 N–H and O–H groups in total. The van der Waals surface area contributed by atoms with Crippen molar-refractivity contribution in [3.8, 4) is 5.75 Å². The van der Waals surface area contributed by atoms with E-state index in [0.29, 0.717) is 12.8 Å². The summed E-state index contributed by atoms with van der Waals surface area (Å²) >= 11 is 0. The Hall–Kier alpha value is -1.24. The van der Waals surface area contributed by atoms with E-state index >= 15 is 0 Å². The van der Waals surface area contributed by atoms with E-state index in [2.05, 4.69) is 0 Å². The maximum Gasteiger partial charge on any atom is 0.419 e. The molecule has 150 valence electrons. The van der Waals surface area contributed by atoms with Crippen LogP contribution in [0, 0.1) is 0 Å². The van der Waals surface area contributed by atoms with Crippen LogP contribution in [0.25, 0.3) is 0 Å². The van der Waals surface area contributed by atoms with Crippen molar-refractivity contribution in [2.75, 3.05) is 12.9 Å². The Kier molecular flexibility index (Phi) is 7.99. The van der Waals surface area contributed by atoms with E-state index in [9.17, 15) is 21.6 Å². The molecule has 1 aromatic rings. The van der Waals surface area contributed by atoms with Crippen LogP contribution in [0.5, 0.6) is 5.75 Å². The molecule has 0 spiro atoms. The highest BCUT2D eigenvalue weighted by Gasteiger charge is 2.34. The molecule has 0 radical (unpaired) electrons. The van der Waals surface area contributed by atoms with Crippen molar-refractivity contribution in [2.24, 2.45) is 0 Å². The Balaban J connectivity index is 2.37. The smallest absolute Gasteiger partial charge is 0.419 e. The molecule has 0 unspecified atom stereocenters. The third-order valence-corrected chi connectivity index (χ3v) is 7.08. The predicted molar refractivity (Wildman–Crippen MR) is 98.3 cm³/mol. The molecule has 7 heteroatoms. The number of hydrogen-bond acceptors (Lipinski definition) is 3. The van der Waals surface area contributed by atoms with Crippen molar-refractivity contribution in [1.82, 2.24) is 0 Å². The molecule has 0 aromatic heterocycles. The van der Waals surface area contributed by atoms with E-state index in [0.717, 1.165) is 37.3 Å². The molecule has 0 fully saturated rings. The van der Waals surface area contributed by atoms with Crippen LogP contribution < -0.4 is 4.74 Å². The van der Waals surface area contributed by atoms with Gasteiger partial charge in [0.15, 0.2) is 9.84 Å². The van der Waals surface area contributed by atoms with Gasteiger partial charge in [-0.25, -0.2) is 8.42 Å². The topological polar surface area (TPSA) is 43.4 Å². The van der Waals surface area contributed by atoms with Crippen LogP contribution in [0.3, 0.4) is 0 Å². The van der Waals surface area contributed by atoms with E-state index < -0.39 is 26.3 Å². The molecule has 1 rings (SSSR count). The predicted octanol–water partition coefficient (Wildman–Crippen LogP) is 5.42. The summed E-state index contributed by atoms with van der Waals surface area (Å²) in [6, 6.07) is 3.99. The van der Waals surface area contributed by atoms with Gasteiger partial charge in [-0.3, -0.25) is 0 Å². The van der Waals surface area contributed by atoms with Gasteiger partial charge in [-0.15, -0.1) is 0 Å². The zero-order chi connectivity index (χ0) is 20.0. The first-order chi connectivity index (χ1) is 11.9. The molecular weight excluding hydrogens is 365 g/mol. The average molecular weight is 394 g/mol. The lowest BCUT2D eigenvalue weighted by molar-refractivity contribution is -0.138. The van der Waals surface area contributed by atoms with Crippen molar-refractivity contribution < 1.29 is 26.3 Å². The molecule has 1 aromatic carbocycles. The van der Waals surface area contributed by atoms with Crippen molar-refractivity contribution in [3.63, 3.8) is 0 Å². The SMILES string of the molecule is COc1cc(CCCCCCCS(=O)(=O)C(C)(C)C)ccc1C(F)(F)F. The number of alkyl halides is 3. The first-order valence-electron chi connectivity index (χ1n) is 8.85. The molecular formula is C19H29F3O3S. The molecule has 0 saturated heterocycles. The second-order valence-corrected chi connectivity index (χ2v) is 10.3. The molecule has 0 aliphatic rings. The average Bonchev–Trinajstić information content (AvgIpc) is 2.51. The number of methoxy groups -OCH3 is 1. The lowest BCUT2D eigenvalue weighted by atomic mass is 10.0. The van der Waals surface area contributed by atoms with E-state index in [4.69, 9.17) is 4.74 Å². The molecule has 0 aliphatic heterocycles. The zero-order valence-electron chi connectivity index (χ0n) is 15.9. The zero-order valence-corrected chi connectivity index (χ0v) is 16.8. The fourth-order valence-corrected chi connectivity index (χ4v) is 3.78. The van der Waals surface area contributed by atoms with Gasteiger partial charge in [0.1, 0.15) is 5.75 Å². The van der Waals surface area contributed by atoms with Gasteiger partial charge >= 0.3 is 6.18 Å². The van der Waals surface area contributed by atoms with Crippen LogP contribution in [0.4, 0.5) is 13.2 Å². The molecule has 3 nitrogen and oxygen atoms in total. The summed E-state index contributed by atoms with van der Waals surface area (Å²) in [6.07, 6.45) is 0.419. The van der Waals surface area contributed by atoms with Crippen LogP contribution in [0.2, 0.25) is 0 Å². The Morgan fingerprint density at radius 3 is 2.08 bits per heavy atom.